The SMILES string of the molecule is CC(Oc1ccc(F)cc1Cl)C(=O)N1CC[C@@H](N)C1. The summed E-state index contributed by atoms with van der Waals surface area (Å²) in [5.74, 6) is -0.275. The Kier molecular flexibility index (Phi) is 4.27. The first kappa shape index (κ1) is 14.1. The predicted octanol–water partition coefficient (Wildman–Crippen LogP) is 1.81. The van der Waals surface area contributed by atoms with Gasteiger partial charge in [0.05, 0.1) is 5.02 Å². The van der Waals surface area contributed by atoms with E-state index in [0.29, 0.717) is 18.8 Å². The number of hydrogen-bond acceptors (Lipinski definition) is 3. The molecule has 1 amide bonds. The van der Waals surface area contributed by atoms with Crippen LogP contribution in [0.3, 0.4) is 0 Å². The fourth-order valence-corrected chi connectivity index (χ4v) is 2.27. The Morgan fingerprint density at radius 2 is 2.37 bits per heavy atom. The summed E-state index contributed by atoms with van der Waals surface area (Å²) >= 11 is 5.85. The van der Waals surface area contributed by atoms with Gasteiger partial charge in [-0.1, -0.05) is 11.6 Å². The van der Waals surface area contributed by atoms with E-state index in [1.54, 1.807) is 11.8 Å². The Morgan fingerprint density at radius 1 is 1.63 bits per heavy atom. The van der Waals surface area contributed by atoms with E-state index in [1.807, 2.05) is 0 Å². The topological polar surface area (TPSA) is 55.6 Å². The largest absolute Gasteiger partial charge is 0.479 e. The molecule has 104 valence electrons. The highest BCUT2D eigenvalue weighted by atomic mass is 35.5. The van der Waals surface area contributed by atoms with Crippen LogP contribution >= 0.6 is 11.6 Å². The molecule has 1 aromatic carbocycles. The van der Waals surface area contributed by atoms with Gasteiger partial charge in [0.1, 0.15) is 11.6 Å². The van der Waals surface area contributed by atoms with Gasteiger partial charge in [0.2, 0.25) is 0 Å². The summed E-state index contributed by atoms with van der Waals surface area (Å²) in [5.41, 5.74) is 5.76. The molecule has 1 saturated heterocycles. The van der Waals surface area contributed by atoms with Gasteiger partial charge in [0.25, 0.3) is 5.91 Å². The molecule has 0 aliphatic carbocycles. The molecule has 0 saturated carbocycles. The maximum absolute atomic E-state index is 12.9. The average molecular weight is 287 g/mol. The third-order valence-corrected chi connectivity index (χ3v) is 3.38. The van der Waals surface area contributed by atoms with Gasteiger partial charge in [-0.3, -0.25) is 4.79 Å². The van der Waals surface area contributed by atoms with Gasteiger partial charge in [-0.2, -0.15) is 0 Å². The van der Waals surface area contributed by atoms with Crippen molar-refractivity contribution in [2.24, 2.45) is 5.73 Å². The lowest BCUT2D eigenvalue weighted by atomic mass is 10.3. The van der Waals surface area contributed by atoms with Crippen LogP contribution in [-0.4, -0.2) is 36.0 Å². The number of halogens is 2. The highest BCUT2D eigenvalue weighted by molar-refractivity contribution is 6.32. The minimum absolute atomic E-state index is 0.0329. The molecule has 6 heteroatoms. The first-order valence-electron chi connectivity index (χ1n) is 6.13. The van der Waals surface area contributed by atoms with Crippen molar-refractivity contribution < 1.29 is 13.9 Å². The van der Waals surface area contributed by atoms with Gasteiger partial charge in [-0.05, 0) is 31.5 Å². The highest BCUT2D eigenvalue weighted by Gasteiger charge is 2.28. The molecule has 1 aliphatic heterocycles. The molecule has 0 radical (unpaired) electrons. The summed E-state index contributed by atoms with van der Waals surface area (Å²) in [6, 6.07) is 3.84. The molecule has 1 fully saturated rings. The van der Waals surface area contributed by atoms with Crippen molar-refractivity contribution in [3.8, 4) is 5.75 Å². The lowest BCUT2D eigenvalue weighted by molar-refractivity contribution is -0.136. The minimum Gasteiger partial charge on any atom is -0.479 e. The van der Waals surface area contributed by atoms with Gasteiger partial charge in [0, 0.05) is 19.1 Å². The molecule has 1 aliphatic rings. The zero-order valence-electron chi connectivity index (χ0n) is 10.6. The molecular weight excluding hydrogens is 271 g/mol. The molecule has 2 atom stereocenters. The maximum Gasteiger partial charge on any atom is 0.263 e. The van der Waals surface area contributed by atoms with Crippen LogP contribution in [-0.2, 0) is 4.79 Å². The third kappa shape index (κ3) is 3.36. The van der Waals surface area contributed by atoms with Crippen molar-refractivity contribution in [3.63, 3.8) is 0 Å². The number of likely N-dealkylation sites (tertiary alicyclic amines) is 1. The lowest BCUT2D eigenvalue weighted by Gasteiger charge is -2.21. The molecule has 1 aromatic rings. The summed E-state index contributed by atoms with van der Waals surface area (Å²) < 4.78 is 18.4. The molecule has 1 heterocycles. The Balaban J connectivity index is 2.00. The fourth-order valence-electron chi connectivity index (χ4n) is 2.06. The van der Waals surface area contributed by atoms with E-state index in [9.17, 15) is 9.18 Å². The number of ether oxygens (including phenoxy) is 1. The molecule has 4 nitrogen and oxygen atoms in total. The van der Waals surface area contributed by atoms with Crippen LogP contribution in [0.15, 0.2) is 18.2 Å². The molecule has 0 bridgehead atoms. The molecule has 0 aromatic heterocycles. The second kappa shape index (κ2) is 5.75. The molecule has 2 N–H and O–H groups in total. The second-order valence-electron chi connectivity index (χ2n) is 4.67. The van der Waals surface area contributed by atoms with E-state index in [2.05, 4.69) is 0 Å². The van der Waals surface area contributed by atoms with Crippen LogP contribution in [0.2, 0.25) is 5.02 Å². The number of nitrogens with zero attached hydrogens (tertiary/aromatic N) is 1. The zero-order valence-corrected chi connectivity index (χ0v) is 11.4. The number of benzene rings is 1. The summed E-state index contributed by atoms with van der Waals surface area (Å²) in [7, 11) is 0. The van der Waals surface area contributed by atoms with Crippen molar-refractivity contribution in [2.75, 3.05) is 13.1 Å². The molecule has 2 rings (SSSR count). The highest BCUT2D eigenvalue weighted by Crippen LogP contribution is 2.26. The van der Waals surface area contributed by atoms with Gasteiger partial charge in [0.15, 0.2) is 6.10 Å². The predicted molar refractivity (Wildman–Crippen MR) is 70.7 cm³/mol. The summed E-state index contributed by atoms with van der Waals surface area (Å²) in [6.07, 6.45) is 0.128. The summed E-state index contributed by atoms with van der Waals surface area (Å²) in [4.78, 5) is 13.8. The van der Waals surface area contributed by atoms with Crippen molar-refractivity contribution in [1.29, 1.82) is 0 Å². The van der Waals surface area contributed by atoms with Crippen LogP contribution in [0.25, 0.3) is 0 Å². The number of rotatable bonds is 3. The lowest BCUT2D eigenvalue weighted by Crippen LogP contribution is -2.40. The summed E-state index contributed by atoms with van der Waals surface area (Å²) in [5, 5.41) is 0.151. The van der Waals surface area contributed by atoms with E-state index in [0.717, 1.165) is 12.5 Å². The number of carbonyl (C=O) groups excluding carboxylic acids is 1. The first-order valence-corrected chi connectivity index (χ1v) is 6.51. The Bertz CT molecular complexity index is 484. The Morgan fingerprint density at radius 3 is 2.95 bits per heavy atom. The standard InChI is InChI=1S/C13H16ClFN2O2/c1-8(13(18)17-5-4-10(16)7-17)19-12-3-2-9(15)6-11(12)14/h2-3,6,8,10H,4-5,7,16H2,1H3/t8?,10-/m1/s1. The number of nitrogens with two attached hydrogens (primary N) is 1. The zero-order chi connectivity index (χ0) is 14.0. The number of hydrogen-bond donors (Lipinski definition) is 1. The molecule has 19 heavy (non-hydrogen) atoms. The van der Waals surface area contributed by atoms with Crippen molar-refractivity contribution in [3.05, 3.63) is 29.0 Å². The van der Waals surface area contributed by atoms with Crippen LogP contribution in [0.4, 0.5) is 4.39 Å². The quantitative estimate of drug-likeness (QED) is 0.922. The van der Waals surface area contributed by atoms with E-state index in [4.69, 9.17) is 22.1 Å². The van der Waals surface area contributed by atoms with Gasteiger partial charge in [-0.25, -0.2) is 4.39 Å². The summed E-state index contributed by atoms with van der Waals surface area (Å²) in [6.45, 7) is 2.83. The Hall–Kier alpha value is -1.33. The van der Waals surface area contributed by atoms with Crippen LogP contribution in [0.5, 0.6) is 5.75 Å². The average Bonchev–Trinajstić information content (AvgIpc) is 2.78. The van der Waals surface area contributed by atoms with Crippen molar-refractivity contribution in [2.45, 2.75) is 25.5 Å². The minimum atomic E-state index is -0.673. The maximum atomic E-state index is 12.9. The molecule has 1 unspecified atom stereocenters. The molecular formula is C13H16ClFN2O2. The van der Waals surface area contributed by atoms with Crippen molar-refractivity contribution in [1.82, 2.24) is 4.90 Å². The number of carbonyl (C=O) groups is 1. The second-order valence-corrected chi connectivity index (χ2v) is 5.08. The monoisotopic (exact) mass is 286 g/mol. The van der Waals surface area contributed by atoms with Crippen LogP contribution in [0, 0.1) is 5.82 Å². The van der Waals surface area contributed by atoms with E-state index < -0.39 is 11.9 Å². The Labute approximate surface area is 116 Å². The third-order valence-electron chi connectivity index (χ3n) is 3.08. The molecule has 0 spiro atoms. The van der Waals surface area contributed by atoms with E-state index in [-0.39, 0.29) is 17.0 Å². The number of amides is 1. The van der Waals surface area contributed by atoms with Crippen molar-refractivity contribution >= 4 is 17.5 Å². The van der Waals surface area contributed by atoms with Gasteiger partial charge >= 0.3 is 0 Å². The van der Waals surface area contributed by atoms with Crippen LogP contribution in [0.1, 0.15) is 13.3 Å². The smallest absolute Gasteiger partial charge is 0.263 e. The normalized spacial score (nSPS) is 20.4. The first-order chi connectivity index (χ1) is 8.97. The van der Waals surface area contributed by atoms with Crippen LogP contribution < -0.4 is 10.5 Å². The van der Waals surface area contributed by atoms with E-state index >= 15 is 0 Å². The van der Waals surface area contributed by atoms with E-state index in [1.165, 1.54) is 12.1 Å². The van der Waals surface area contributed by atoms with Gasteiger partial charge in [-0.15, -0.1) is 0 Å². The fraction of sp³-hybridized carbons (Fsp3) is 0.462. The van der Waals surface area contributed by atoms with Gasteiger partial charge < -0.3 is 15.4 Å².